The number of hydrogen-bond acceptors (Lipinski definition) is 3. The van der Waals surface area contributed by atoms with E-state index >= 15 is 0 Å². The highest BCUT2D eigenvalue weighted by molar-refractivity contribution is 7.08. The van der Waals surface area contributed by atoms with Crippen molar-refractivity contribution >= 4 is 29.7 Å². The summed E-state index contributed by atoms with van der Waals surface area (Å²) in [6, 6.07) is 0. The number of thiophene rings is 1. The summed E-state index contributed by atoms with van der Waals surface area (Å²) in [5, 5.41) is 3.89. The van der Waals surface area contributed by atoms with Gasteiger partial charge in [0.1, 0.15) is 0 Å². The van der Waals surface area contributed by atoms with Gasteiger partial charge in [0.2, 0.25) is 0 Å². The molecule has 3 nitrogen and oxygen atoms in total. The van der Waals surface area contributed by atoms with Crippen LogP contribution in [0.15, 0.2) is 10.8 Å². The maximum absolute atomic E-state index is 11.8. The predicted octanol–water partition coefficient (Wildman–Crippen LogP) is 1.90. The minimum atomic E-state index is 0. The molecule has 0 bridgehead atoms. The first-order chi connectivity index (χ1) is 6.66. The summed E-state index contributed by atoms with van der Waals surface area (Å²) >= 11 is 1.56. The second-order valence-corrected chi connectivity index (χ2v) is 4.08. The standard InChI is InChI=1S/C10H16N2OS.ClH/c1-8-6-14-7-9(8)10(13)12(2)5-3-4-11;/h6-7H,3-5,11H2,1-2H3;1H. The molecule has 0 aliphatic heterocycles. The summed E-state index contributed by atoms with van der Waals surface area (Å²) in [5.74, 6) is 0.0946. The number of nitrogens with two attached hydrogens (primary N) is 1. The van der Waals surface area contributed by atoms with E-state index in [-0.39, 0.29) is 18.3 Å². The Kier molecular flexibility index (Phi) is 6.56. The molecule has 0 atom stereocenters. The molecular formula is C10H17ClN2OS. The van der Waals surface area contributed by atoms with Crippen LogP contribution in [0.1, 0.15) is 22.3 Å². The van der Waals surface area contributed by atoms with Gasteiger partial charge < -0.3 is 10.6 Å². The van der Waals surface area contributed by atoms with E-state index in [2.05, 4.69) is 0 Å². The van der Waals surface area contributed by atoms with Crippen LogP contribution in [0.3, 0.4) is 0 Å². The summed E-state index contributed by atoms with van der Waals surface area (Å²) in [6.07, 6.45) is 0.853. The van der Waals surface area contributed by atoms with Crippen molar-refractivity contribution in [3.8, 4) is 0 Å². The summed E-state index contributed by atoms with van der Waals surface area (Å²) in [4.78, 5) is 13.5. The molecule has 0 aliphatic carbocycles. The lowest BCUT2D eigenvalue weighted by atomic mass is 10.2. The molecule has 0 aliphatic rings. The zero-order chi connectivity index (χ0) is 10.6. The van der Waals surface area contributed by atoms with Gasteiger partial charge in [-0.15, -0.1) is 12.4 Å². The molecule has 86 valence electrons. The van der Waals surface area contributed by atoms with Crippen molar-refractivity contribution in [2.24, 2.45) is 5.73 Å². The highest BCUT2D eigenvalue weighted by atomic mass is 35.5. The Hall–Kier alpha value is -0.580. The van der Waals surface area contributed by atoms with Gasteiger partial charge in [0, 0.05) is 19.0 Å². The van der Waals surface area contributed by atoms with E-state index < -0.39 is 0 Å². The van der Waals surface area contributed by atoms with E-state index in [1.807, 2.05) is 24.7 Å². The van der Waals surface area contributed by atoms with Crippen molar-refractivity contribution in [2.45, 2.75) is 13.3 Å². The second kappa shape index (κ2) is 6.82. The SMILES string of the molecule is Cc1cscc1C(=O)N(C)CCCN.Cl. The molecule has 15 heavy (non-hydrogen) atoms. The van der Waals surface area contributed by atoms with Gasteiger partial charge in [0.15, 0.2) is 0 Å². The molecular weight excluding hydrogens is 232 g/mol. The van der Waals surface area contributed by atoms with Gasteiger partial charge in [-0.25, -0.2) is 0 Å². The monoisotopic (exact) mass is 248 g/mol. The third-order valence-corrected chi connectivity index (χ3v) is 2.99. The van der Waals surface area contributed by atoms with Crippen LogP contribution in [0.5, 0.6) is 0 Å². The molecule has 1 aromatic heterocycles. The van der Waals surface area contributed by atoms with E-state index in [4.69, 9.17) is 5.73 Å². The van der Waals surface area contributed by atoms with Crippen LogP contribution in [-0.4, -0.2) is 30.9 Å². The molecule has 1 aromatic rings. The summed E-state index contributed by atoms with van der Waals surface area (Å²) in [6.45, 7) is 3.31. The average molecular weight is 249 g/mol. The Morgan fingerprint density at radius 1 is 1.53 bits per heavy atom. The highest BCUT2D eigenvalue weighted by Crippen LogP contribution is 2.15. The zero-order valence-corrected chi connectivity index (χ0v) is 10.7. The van der Waals surface area contributed by atoms with E-state index in [1.54, 1.807) is 16.2 Å². The molecule has 1 rings (SSSR count). The van der Waals surface area contributed by atoms with Gasteiger partial charge in [-0.05, 0) is 30.8 Å². The van der Waals surface area contributed by atoms with Crippen LogP contribution in [0.2, 0.25) is 0 Å². The molecule has 0 fully saturated rings. The van der Waals surface area contributed by atoms with Crippen LogP contribution in [0.25, 0.3) is 0 Å². The Morgan fingerprint density at radius 3 is 2.67 bits per heavy atom. The van der Waals surface area contributed by atoms with Crippen LogP contribution < -0.4 is 5.73 Å². The third kappa shape index (κ3) is 3.81. The van der Waals surface area contributed by atoms with Crippen molar-refractivity contribution in [1.82, 2.24) is 4.90 Å². The number of hydrogen-bond donors (Lipinski definition) is 1. The van der Waals surface area contributed by atoms with Crippen molar-refractivity contribution in [1.29, 1.82) is 0 Å². The molecule has 1 heterocycles. The van der Waals surface area contributed by atoms with Gasteiger partial charge in [0.05, 0.1) is 5.56 Å². The van der Waals surface area contributed by atoms with Gasteiger partial charge in [-0.1, -0.05) is 0 Å². The van der Waals surface area contributed by atoms with E-state index in [0.717, 1.165) is 24.1 Å². The first-order valence-electron chi connectivity index (χ1n) is 4.65. The lowest BCUT2D eigenvalue weighted by Crippen LogP contribution is -2.29. The second-order valence-electron chi connectivity index (χ2n) is 3.34. The maximum atomic E-state index is 11.8. The molecule has 0 saturated carbocycles. The van der Waals surface area contributed by atoms with E-state index in [0.29, 0.717) is 6.54 Å². The fourth-order valence-electron chi connectivity index (χ4n) is 1.22. The molecule has 1 amide bonds. The average Bonchev–Trinajstić information content (AvgIpc) is 2.59. The molecule has 0 radical (unpaired) electrons. The van der Waals surface area contributed by atoms with Gasteiger partial charge >= 0.3 is 0 Å². The molecule has 0 aromatic carbocycles. The van der Waals surface area contributed by atoms with E-state index in [9.17, 15) is 4.79 Å². The smallest absolute Gasteiger partial charge is 0.254 e. The minimum absolute atomic E-state index is 0. The Bertz CT molecular complexity index is 314. The number of carbonyl (C=O) groups is 1. The van der Waals surface area contributed by atoms with Crippen molar-refractivity contribution in [3.63, 3.8) is 0 Å². The van der Waals surface area contributed by atoms with Crippen LogP contribution >= 0.6 is 23.7 Å². The fourth-order valence-corrected chi connectivity index (χ4v) is 2.04. The summed E-state index contributed by atoms with van der Waals surface area (Å²) in [7, 11) is 1.81. The van der Waals surface area contributed by atoms with E-state index in [1.165, 1.54) is 0 Å². The highest BCUT2D eigenvalue weighted by Gasteiger charge is 2.13. The zero-order valence-electron chi connectivity index (χ0n) is 9.03. The third-order valence-electron chi connectivity index (χ3n) is 2.13. The lowest BCUT2D eigenvalue weighted by Gasteiger charge is -2.16. The largest absolute Gasteiger partial charge is 0.342 e. The number of nitrogens with zero attached hydrogens (tertiary/aromatic N) is 1. The lowest BCUT2D eigenvalue weighted by molar-refractivity contribution is 0.0794. The van der Waals surface area contributed by atoms with Crippen molar-refractivity contribution in [3.05, 3.63) is 21.9 Å². The van der Waals surface area contributed by atoms with Crippen molar-refractivity contribution < 1.29 is 4.79 Å². The van der Waals surface area contributed by atoms with Gasteiger partial charge in [-0.3, -0.25) is 4.79 Å². The molecule has 2 N–H and O–H groups in total. The number of rotatable bonds is 4. The molecule has 5 heteroatoms. The van der Waals surface area contributed by atoms with Gasteiger partial charge in [-0.2, -0.15) is 11.3 Å². The Morgan fingerprint density at radius 2 is 2.20 bits per heavy atom. The van der Waals surface area contributed by atoms with Crippen molar-refractivity contribution in [2.75, 3.05) is 20.1 Å². The summed E-state index contributed by atoms with van der Waals surface area (Å²) in [5.41, 5.74) is 7.26. The number of amides is 1. The Labute approximate surface area is 101 Å². The summed E-state index contributed by atoms with van der Waals surface area (Å²) < 4.78 is 0. The topological polar surface area (TPSA) is 46.3 Å². The Balaban J connectivity index is 0.00000196. The predicted molar refractivity (Wildman–Crippen MR) is 66.9 cm³/mol. The fraction of sp³-hybridized carbons (Fsp3) is 0.500. The number of halogens is 1. The molecule has 0 unspecified atom stereocenters. The first kappa shape index (κ1) is 14.4. The first-order valence-corrected chi connectivity index (χ1v) is 5.59. The quantitative estimate of drug-likeness (QED) is 0.885. The van der Waals surface area contributed by atoms with Crippen LogP contribution in [0, 0.1) is 6.92 Å². The van der Waals surface area contributed by atoms with Crippen LogP contribution in [-0.2, 0) is 0 Å². The minimum Gasteiger partial charge on any atom is -0.342 e. The maximum Gasteiger partial charge on any atom is 0.254 e. The molecule has 0 saturated heterocycles. The van der Waals surface area contributed by atoms with Gasteiger partial charge in [0.25, 0.3) is 5.91 Å². The van der Waals surface area contributed by atoms with Crippen LogP contribution in [0.4, 0.5) is 0 Å². The number of carbonyl (C=O) groups excluding carboxylic acids is 1. The number of aryl methyl sites for hydroxylation is 1. The normalized spacial score (nSPS) is 9.53. The molecule has 0 spiro atoms.